The predicted molar refractivity (Wildman–Crippen MR) is 125 cm³/mol. The van der Waals surface area contributed by atoms with E-state index in [1.165, 1.54) is 6.33 Å². The third-order valence-electron chi connectivity index (χ3n) is 5.79. The summed E-state index contributed by atoms with van der Waals surface area (Å²) in [6.45, 7) is 7.53. The molecule has 32 heavy (non-hydrogen) atoms. The number of benzene rings is 2. The van der Waals surface area contributed by atoms with Crippen LogP contribution in [0.15, 0.2) is 60.1 Å². The summed E-state index contributed by atoms with van der Waals surface area (Å²) in [7, 11) is -3.58. The van der Waals surface area contributed by atoms with Crippen molar-refractivity contribution >= 4 is 20.9 Å². The van der Waals surface area contributed by atoms with Gasteiger partial charge in [0, 0.05) is 11.4 Å². The molecule has 2 aromatic carbocycles. The van der Waals surface area contributed by atoms with Gasteiger partial charge in [-0.2, -0.15) is 5.10 Å². The fraction of sp³-hybridized carbons (Fsp3) is 0.292. The summed E-state index contributed by atoms with van der Waals surface area (Å²) < 4.78 is 30.7. The molecule has 0 aliphatic heterocycles. The molecule has 0 unspecified atom stereocenters. The van der Waals surface area contributed by atoms with E-state index < -0.39 is 10.0 Å². The molecule has 0 amide bonds. The highest BCUT2D eigenvalue weighted by molar-refractivity contribution is 7.89. The first-order valence-corrected chi connectivity index (χ1v) is 12.1. The Hall–Kier alpha value is -3.10. The van der Waals surface area contributed by atoms with Crippen LogP contribution in [0.5, 0.6) is 0 Å². The predicted octanol–water partition coefficient (Wildman–Crippen LogP) is 4.04. The average Bonchev–Trinajstić information content (AvgIpc) is 3.18. The monoisotopic (exact) mass is 449 g/mol. The minimum atomic E-state index is -3.58. The molecule has 2 heterocycles. The lowest BCUT2D eigenvalue weighted by atomic mass is 10.1. The topological polar surface area (TPSA) is 89.8 Å². The van der Waals surface area contributed by atoms with Crippen LogP contribution >= 0.6 is 0 Å². The van der Waals surface area contributed by atoms with E-state index in [-0.39, 0.29) is 6.04 Å². The molecule has 0 fully saturated rings. The van der Waals surface area contributed by atoms with Crippen molar-refractivity contribution < 1.29 is 8.42 Å². The Balaban J connectivity index is 1.46. The average molecular weight is 450 g/mol. The number of hydrogen-bond donors (Lipinski definition) is 1. The minimum absolute atomic E-state index is 0.195. The van der Waals surface area contributed by atoms with Gasteiger partial charge in [0.25, 0.3) is 0 Å². The lowest BCUT2D eigenvalue weighted by Crippen LogP contribution is -2.34. The quantitative estimate of drug-likeness (QED) is 0.460. The fourth-order valence-electron chi connectivity index (χ4n) is 3.95. The van der Waals surface area contributed by atoms with E-state index >= 15 is 0 Å². The molecule has 0 aliphatic rings. The van der Waals surface area contributed by atoms with Crippen LogP contribution < -0.4 is 4.72 Å². The third-order valence-corrected chi connectivity index (χ3v) is 7.67. The van der Waals surface area contributed by atoms with Crippen LogP contribution in [-0.2, 0) is 16.4 Å². The second-order valence-corrected chi connectivity index (χ2v) is 9.91. The summed E-state index contributed by atoms with van der Waals surface area (Å²) in [5.41, 5.74) is 5.45. The zero-order valence-corrected chi connectivity index (χ0v) is 19.5. The summed E-state index contributed by atoms with van der Waals surface area (Å²) in [6, 6.07) is 9.80. The highest BCUT2D eigenvalue weighted by Gasteiger charge is 2.22. The van der Waals surface area contributed by atoms with Gasteiger partial charge in [-0.25, -0.2) is 27.8 Å². The van der Waals surface area contributed by atoms with Crippen LogP contribution in [0, 0.1) is 20.8 Å². The van der Waals surface area contributed by atoms with Crippen LogP contribution in [-0.4, -0.2) is 34.2 Å². The Bertz CT molecular complexity index is 1360. The normalized spacial score (nSPS) is 12.9. The van der Waals surface area contributed by atoms with Crippen LogP contribution in [0.1, 0.15) is 35.6 Å². The lowest BCUT2D eigenvalue weighted by molar-refractivity contribution is 0.546. The summed E-state index contributed by atoms with van der Waals surface area (Å²) in [6.07, 6.45) is 8.20. The fourth-order valence-corrected chi connectivity index (χ4v) is 5.77. The van der Waals surface area contributed by atoms with Gasteiger partial charge >= 0.3 is 0 Å². The van der Waals surface area contributed by atoms with Crippen LogP contribution in [0.3, 0.4) is 0 Å². The van der Waals surface area contributed by atoms with Crippen LogP contribution in [0.2, 0.25) is 0 Å². The van der Waals surface area contributed by atoms with E-state index in [2.05, 4.69) is 31.9 Å². The van der Waals surface area contributed by atoms with Crippen molar-refractivity contribution in [2.45, 2.75) is 51.5 Å². The molecule has 0 bridgehead atoms. The van der Waals surface area contributed by atoms with Gasteiger partial charge in [0.1, 0.15) is 12.0 Å². The number of sulfonamides is 1. The summed E-state index contributed by atoms with van der Waals surface area (Å²) in [5, 5.41) is 5.47. The van der Waals surface area contributed by atoms with E-state index in [0.717, 1.165) is 45.3 Å². The molecule has 7 nitrogen and oxygen atoms in total. The van der Waals surface area contributed by atoms with E-state index in [1.54, 1.807) is 12.4 Å². The first-order chi connectivity index (χ1) is 15.3. The molecule has 0 spiro atoms. The lowest BCUT2D eigenvalue weighted by Gasteiger charge is -2.18. The molecule has 166 valence electrons. The van der Waals surface area contributed by atoms with Gasteiger partial charge in [-0.3, -0.25) is 0 Å². The van der Waals surface area contributed by atoms with Crippen molar-refractivity contribution in [2.75, 3.05) is 0 Å². The molecule has 0 aliphatic carbocycles. The van der Waals surface area contributed by atoms with Gasteiger partial charge in [-0.1, -0.05) is 18.2 Å². The molecule has 8 heteroatoms. The van der Waals surface area contributed by atoms with Crippen molar-refractivity contribution in [2.24, 2.45) is 0 Å². The van der Waals surface area contributed by atoms with Crippen molar-refractivity contribution in [1.29, 1.82) is 0 Å². The molecule has 4 aromatic rings. The number of rotatable bonds is 7. The maximum Gasteiger partial charge on any atom is 0.241 e. The van der Waals surface area contributed by atoms with Crippen LogP contribution in [0.4, 0.5) is 0 Å². The Labute approximate surface area is 188 Å². The Morgan fingerprint density at radius 3 is 2.47 bits per heavy atom. The van der Waals surface area contributed by atoms with Crippen molar-refractivity contribution in [3.8, 4) is 5.69 Å². The number of aromatic nitrogens is 4. The Morgan fingerprint density at radius 2 is 1.72 bits per heavy atom. The summed E-state index contributed by atoms with van der Waals surface area (Å²) in [5.74, 6) is 0. The van der Waals surface area contributed by atoms with E-state index in [0.29, 0.717) is 11.3 Å². The molecule has 4 rings (SSSR count). The largest absolute Gasteiger partial charge is 0.243 e. The number of aryl methyl sites for hydroxylation is 3. The zero-order valence-electron chi connectivity index (χ0n) is 18.7. The molecule has 1 atom stereocenters. The molecular formula is C24H27N5O2S. The smallest absolute Gasteiger partial charge is 0.241 e. The molecule has 0 saturated carbocycles. The second-order valence-electron chi connectivity index (χ2n) is 8.26. The van der Waals surface area contributed by atoms with E-state index in [4.69, 9.17) is 0 Å². The standard InChI is InChI=1S/C24H27N5O2S/c1-16-5-6-17(2)24(19(16)4)32(30,31)28-18(3)7-8-20-9-10-23-21(11-20)12-27-29(23)22-13-25-15-26-14-22/h5-6,9-15,18,28H,7-8H2,1-4H3/t18-/m0/s1. The maximum absolute atomic E-state index is 13.0. The van der Waals surface area contributed by atoms with Gasteiger partial charge in [0.05, 0.1) is 29.0 Å². The Kier molecular flexibility index (Phi) is 6.08. The van der Waals surface area contributed by atoms with E-state index in [1.807, 2.05) is 56.8 Å². The van der Waals surface area contributed by atoms with Gasteiger partial charge in [-0.05, 0) is 74.9 Å². The molecular weight excluding hydrogens is 422 g/mol. The van der Waals surface area contributed by atoms with Crippen molar-refractivity contribution in [3.05, 3.63) is 77.5 Å². The van der Waals surface area contributed by atoms with Gasteiger partial charge in [-0.15, -0.1) is 0 Å². The first kappa shape index (κ1) is 22.1. The number of nitrogens with zero attached hydrogens (tertiary/aromatic N) is 4. The Morgan fingerprint density at radius 1 is 1.00 bits per heavy atom. The molecule has 0 radical (unpaired) electrons. The zero-order chi connectivity index (χ0) is 22.9. The second kappa shape index (κ2) is 8.80. The molecule has 1 N–H and O–H groups in total. The minimum Gasteiger partial charge on any atom is -0.243 e. The molecule has 2 aromatic heterocycles. The van der Waals surface area contributed by atoms with Crippen molar-refractivity contribution in [3.63, 3.8) is 0 Å². The number of fused-ring (bicyclic) bond motifs is 1. The highest BCUT2D eigenvalue weighted by atomic mass is 32.2. The van der Waals surface area contributed by atoms with Gasteiger partial charge in [0.15, 0.2) is 0 Å². The SMILES string of the molecule is Cc1ccc(C)c(S(=O)(=O)N[C@@H](C)CCc2ccc3c(cnn3-c3cncnc3)c2)c1C. The summed E-state index contributed by atoms with van der Waals surface area (Å²) in [4.78, 5) is 8.50. The number of nitrogens with one attached hydrogen (secondary N) is 1. The van der Waals surface area contributed by atoms with Crippen molar-refractivity contribution in [1.82, 2.24) is 24.5 Å². The van der Waals surface area contributed by atoms with Gasteiger partial charge < -0.3 is 0 Å². The maximum atomic E-state index is 13.0. The number of hydrogen-bond acceptors (Lipinski definition) is 5. The third kappa shape index (κ3) is 4.42. The van der Waals surface area contributed by atoms with Gasteiger partial charge in [0.2, 0.25) is 10.0 Å². The van der Waals surface area contributed by atoms with Crippen LogP contribution in [0.25, 0.3) is 16.6 Å². The highest BCUT2D eigenvalue weighted by Crippen LogP contribution is 2.24. The van der Waals surface area contributed by atoms with E-state index in [9.17, 15) is 8.42 Å². The first-order valence-electron chi connectivity index (χ1n) is 10.6. The molecule has 0 saturated heterocycles. The summed E-state index contributed by atoms with van der Waals surface area (Å²) >= 11 is 0.